The highest BCUT2D eigenvalue weighted by Crippen LogP contribution is 2.44. The maximum Gasteiger partial charge on any atom is 0.269 e. The van der Waals surface area contributed by atoms with Crippen LogP contribution in [0, 0.1) is 22.6 Å². The van der Waals surface area contributed by atoms with Crippen molar-refractivity contribution in [3.8, 4) is 0 Å². The van der Waals surface area contributed by atoms with Gasteiger partial charge >= 0.3 is 0 Å². The van der Waals surface area contributed by atoms with Crippen LogP contribution in [0.4, 0.5) is 30.8 Å². The fraction of sp³-hybridized carbons (Fsp3) is 0.500. The van der Waals surface area contributed by atoms with E-state index >= 15 is 0 Å². The number of rotatable bonds is 6. The Kier molecular flexibility index (Phi) is 7.23. The van der Waals surface area contributed by atoms with Crippen molar-refractivity contribution in [2.24, 2.45) is 10.5 Å². The zero-order valence-corrected chi connectivity index (χ0v) is 21.2. The number of anilines is 3. The number of aromatic nitrogens is 4. The van der Waals surface area contributed by atoms with E-state index in [1.54, 1.807) is 11.5 Å². The van der Waals surface area contributed by atoms with Crippen molar-refractivity contribution in [3.05, 3.63) is 35.0 Å². The van der Waals surface area contributed by atoms with Gasteiger partial charge in [0.2, 0.25) is 11.9 Å². The molecule has 5 rings (SSSR count). The number of amides is 1. The molecule has 14 heteroatoms. The van der Waals surface area contributed by atoms with E-state index in [4.69, 9.17) is 21.9 Å². The van der Waals surface area contributed by atoms with Gasteiger partial charge in [-0.2, -0.15) is 4.98 Å². The Morgan fingerprint density at radius 3 is 2.71 bits per heavy atom. The average Bonchev–Trinajstić information content (AvgIpc) is 3.24. The third-order valence-electron chi connectivity index (χ3n) is 7.32. The Morgan fingerprint density at radius 1 is 1.26 bits per heavy atom. The maximum absolute atomic E-state index is 14.6. The number of fused-ring (bicyclic) bond motifs is 1. The summed E-state index contributed by atoms with van der Waals surface area (Å²) < 4.78 is 49.6. The topological polar surface area (TPSA) is 130 Å². The number of halogens is 4. The highest BCUT2D eigenvalue weighted by molar-refractivity contribution is 6.33. The molecule has 0 spiro atoms. The lowest BCUT2D eigenvalue weighted by Crippen LogP contribution is -2.39. The summed E-state index contributed by atoms with van der Waals surface area (Å²) in [4.78, 5) is 25.7. The SMILES string of the molecule is C[C@]1(C(=O)N=N)CC[C@@H](n2c(Nc3c(F)cc(F)cc3Cl)nc3cnc(N[C@@H]4CCOC[C@H]4F)nc32)CC1. The van der Waals surface area contributed by atoms with Crippen LogP contribution in [0.25, 0.3) is 11.2 Å². The quantitative estimate of drug-likeness (QED) is 0.335. The zero-order valence-electron chi connectivity index (χ0n) is 20.5. The molecule has 0 unspecified atom stereocenters. The lowest BCUT2D eigenvalue weighted by molar-refractivity contribution is -0.129. The first-order valence-electron chi connectivity index (χ1n) is 12.3. The van der Waals surface area contributed by atoms with Crippen molar-refractivity contribution in [1.29, 1.82) is 5.53 Å². The first-order chi connectivity index (χ1) is 18.2. The minimum atomic E-state index is -1.22. The summed E-state index contributed by atoms with van der Waals surface area (Å²) in [6.07, 6.45) is 2.69. The van der Waals surface area contributed by atoms with E-state index in [1.165, 1.54) is 6.20 Å². The van der Waals surface area contributed by atoms with Crippen LogP contribution >= 0.6 is 11.6 Å². The van der Waals surface area contributed by atoms with Crippen molar-refractivity contribution in [1.82, 2.24) is 19.5 Å². The molecule has 38 heavy (non-hydrogen) atoms. The van der Waals surface area contributed by atoms with Gasteiger partial charge in [-0.15, -0.1) is 5.11 Å². The molecule has 2 aliphatic rings. The Bertz CT molecular complexity index is 1360. The summed E-state index contributed by atoms with van der Waals surface area (Å²) >= 11 is 6.13. The van der Waals surface area contributed by atoms with Crippen LogP contribution in [0.2, 0.25) is 5.02 Å². The number of nitrogens with one attached hydrogen (secondary N) is 3. The third kappa shape index (κ3) is 5.04. The van der Waals surface area contributed by atoms with Gasteiger partial charge in [-0.1, -0.05) is 18.5 Å². The van der Waals surface area contributed by atoms with Crippen LogP contribution in [0.1, 0.15) is 45.1 Å². The van der Waals surface area contributed by atoms with Crippen molar-refractivity contribution in [2.45, 2.75) is 57.3 Å². The van der Waals surface area contributed by atoms with Crippen LogP contribution in [-0.4, -0.2) is 50.9 Å². The van der Waals surface area contributed by atoms with Gasteiger partial charge in [0.05, 0.1) is 35.0 Å². The minimum Gasteiger partial charge on any atom is -0.378 e. The molecule has 2 fully saturated rings. The fourth-order valence-electron chi connectivity index (χ4n) is 5.05. The second-order valence-electron chi connectivity index (χ2n) is 9.92. The number of carbonyl (C=O) groups is 1. The number of carbonyl (C=O) groups excluding carboxylic acids is 1. The number of imidazole rings is 1. The van der Waals surface area contributed by atoms with Crippen LogP contribution < -0.4 is 10.6 Å². The van der Waals surface area contributed by atoms with Gasteiger partial charge in [0, 0.05) is 18.7 Å². The summed E-state index contributed by atoms with van der Waals surface area (Å²) in [5.41, 5.74) is 7.05. The lowest BCUT2D eigenvalue weighted by atomic mass is 9.73. The van der Waals surface area contributed by atoms with Gasteiger partial charge in [-0.05, 0) is 38.2 Å². The molecule has 202 valence electrons. The molecule has 2 aromatic heterocycles. The second kappa shape index (κ2) is 10.4. The molecule has 3 aromatic rings. The van der Waals surface area contributed by atoms with Crippen LogP contribution in [0.15, 0.2) is 23.4 Å². The van der Waals surface area contributed by atoms with Crippen molar-refractivity contribution in [3.63, 3.8) is 0 Å². The summed E-state index contributed by atoms with van der Waals surface area (Å²) in [6, 6.07) is 0.977. The molecule has 2 atom stereocenters. The van der Waals surface area contributed by atoms with Crippen LogP contribution in [0.3, 0.4) is 0 Å². The van der Waals surface area contributed by atoms with Crippen LogP contribution in [0.5, 0.6) is 0 Å². The first kappa shape index (κ1) is 26.3. The largest absolute Gasteiger partial charge is 0.378 e. The number of hydrogen-bond donors (Lipinski definition) is 3. The molecule has 1 aromatic carbocycles. The predicted molar refractivity (Wildman–Crippen MR) is 133 cm³/mol. The van der Waals surface area contributed by atoms with Crippen molar-refractivity contribution in [2.75, 3.05) is 23.8 Å². The van der Waals surface area contributed by atoms with Gasteiger partial charge in [0.25, 0.3) is 5.91 Å². The molecule has 3 heterocycles. The molecular weight excluding hydrogens is 525 g/mol. The Hall–Kier alpha value is -3.32. The fourth-order valence-corrected chi connectivity index (χ4v) is 5.29. The van der Waals surface area contributed by atoms with Crippen LogP contribution in [-0.2, 0) is 9.53 Å². The summed E-state index contributed by atoms with van der Waals surface area (Å²) in [5, 5.41) is 8.87. The van der Waals surface area contributed by atoms with E-state index < -0.39 is 35.2 Å². The molecule has 1 amide bonds. The molecule has 1 aliphatic heterocycles. The summed E-state index contributed by atoms with van der Waals surface area (Å²) in [6.45, 7) is 2.19. The molecule has 1 aliphatic carbocycles. The molecule has 3 N–H and O–H groups in total. The van der Waals surface area contributed by atoms with Gasteiger partial charge < -0.3 is 15.4 Å². The number of nitrogens with zero attached hydrogens (tertiary/aromatic N) is 5. The Morgan fingerprint density at radius 2 is 2.03 bits per heavy atom. The van der Waals surface area contributed by atoms with Crippen molar-refractivity contribution < 1.29 is 22.7 Å². The molecule has 0 bridgehead atoms. The maximum atomic E-state index is 14.6. The molecule has 1 saturated heterocycles. The van der Waals surface area contributed by atoms with E-state index in [-0.39, 0.29) is 35.3 Å². The summed E-state index contributed by atoms with van der Waals surface area (Å²) in [7, 11) is 0. The first-order valence-corrected chi connectivity index (χ1v) is 12.6. The standard InChI is InChI=1S/C24H26ClF3N8O2/c1-24(21(37)35-29)5-2-13(3-6-24)36-20-18(10-30-22(34-20)31-17-4-7-38-11-16(17)28)32-23(36)33-19-14(25)8-12(26)9-15(19)27/h8-10,13,16-17,29H,2-7,11H2,1H3,(H,32,33)(H,30,31,34)/t13-,16-,17-,24+/m1/s1. The monoisotopic (exact) mass is 550 g/mol. The Labute approximate surface area is 220 Å². The molecule has 0 radical (unpaired) electrons. The molecule has 10 nitrogen and oxygen atoms in total. The lowest BCUT2D eigenvalue weighted by Gasteiger charge is -2.35. The predicted octanol–water partition coefficient (Wildman–Crippen LogP) is 5.72. The minimum absolute atomic E-state index is 0.0138. The second-order valence-corrected chi connectivity index (χ2v) is 10.3. The van der Waals surface area contributed by atoms with Crippen molar-refractivity contribution >= 4 is 46.3 Å². The number of hydrogen-bond acceptors (Lipinski definition) is 8. The highest BCUT2D eigenvalue weighted by Gasteiger charge is 2.39. The van der Waals surface area contributed by atoms with Gasteiger partial charge in [-0.25, -0.2) is 28.7 Å². The zero-order chi connectivity index (χ0) is 27.0. The van der Waals surface area contributed by atoms with Gasteiger partial charge in [0.15, 0.2) is 11.5 Å². The van der Waals surface area contributed by atoms with E-state index in [2.05, 4.69) is 30.7 Å². The van der Waals surface area contributed by atoms with Gasteiger partial charge in [0.1, 0.15) is 17.5 Å². The van der Waals surface area contributed by atoms with E-state index in [0.717, 1.165) is 6.07 Å². The smallest absolute Gasteiger partial charge is 0.269 e. The summed E-state index contributed by atoms with van der Waals surface area (Å²) in [5.74, 6) is -1.78. The van der Waals surface area contributed by atoms with E-state index in [0.29, 0.717) is 55.9 Å². The Balaban J connectivity index is 1.53. The van der Waals surface area contributed by atoms with E-state index in [9.17, 15) is 18.0 Å². The highest BCUT2D eigenvalue weighted by atomic mass is 35.5. The van der Waals surface area contributed by atoms with E-state index in [1.807, 2.05) is 0 Å². The number of ether oxygens (including phenoxy) is 1. The number of benzene rings is 1. The molecule has 1 saturated carbocycles. The third-order valence-corrected chi connectivity index (χ3v) is 7.62. The average molecular weight is 551 g/mol. The molecular formula is C24H26ClF3N8O2. The number of alkyl halides is 1. The van der Waals surface area contributed by atoms with Gasteiger partial charge in [-0.3, -0.25) is 9.36 Å². The normalized spacial score (nSPS) is 25.8.